The van der Waals surface area contributed by atoms with Crippen molar-refractivity contribution in [2.24, 2.45) is 0 Å². The van der Waals surface area contributed by atoms with Crippen molar-refractivity contribution < 1.29 is 49.0 Å². The van der Waals surface area contributed by atoms with E-state index in [1.807, 2.05) is 96.5 Å². The van der Waals surface area contributed by atoms with Gasteiger partial charge in [0.2, 0.25) is 0 Å². The normalized spacial score (nSPS) is 11.5. The Bertz CT molecular complexity index is 6570. The summed E-state index contributed by atoms with van der Waals surface area (Å²) in [7, 11) is -2.48. The van der Waals surface area contributed by atoms with Crippen LogP contribution in [0.15, 0.2) is 312 Å². The van der Waals surface area contributed by atoms with Crippen LogP contribution in [-0.2, 0) is 40.2 Å². The molecule has 13 heteroatoms. The van der Waals surface area contributed by atoms with Gasteiger partial charge in [-0.1, -0.05) is 245 Å². The number of hydrogen-bond acceptors (Lipinski definition) is 7. The maximum Gasteiger partial charge on any atom is 0.120 e. The molecule has 0 unspecified atom stereocenters. The second-order valence-corrected chi connectivity index (χ2v) is 40.4. The summed E-state index contributed by atoms with van der Waals surface area (Å²) in [4.78, 5) is 19.4. The number of aromatic nitrogens is 6. The molecule has 0 saturated heterocycles. The number of furan rings is 2. The monoisotopic (exact) mass is 1820 g/mol. The van der Waals surface area contributed by atoms with E-state index in [2.05, 4.69) is 315 Å². The van der Waals surface area contributed by atoms with E-state index in [1.165, 1.54) is 47.1 Å². The van der Waals surface area contributed by atoms with Gasteiger partial charge in [0.1, 0.15) is 11.2 Å². The molecule has 536 valence electrons. The molecule has 0 bridgehead atoms. The minimum Gasteiger partial charge on any atom is -0.501 e. The van der Waals surface area contributed by atoms with Crippen molar-refractivity contribution in [3.63, 3.8) is 0 Å². The van der Waals surface area contributed by atoms with E-state index in [4.69, 9.17) is 18.8 Å². The van der Waals surface area contributed by atoms with Crippen LogP contribution in [-0.4, -0.2) is 45.2 Å². The smallest absolute Gasteiger partial charge is 0.120 e. The van der Waals surface area contributed by atoms with Crippen molar-refractivity contribution >= 4 is 135 Å². The van der Waals surface area contributed by atoms with Crippen LogP contribution in [0.1, 0.15) is 11.1 Å². The molecule has 20 aromatic rings. The first kappa shape index (κ1) is 73.4. The van der Waals surface area contributed by atoms with Gasteiger partial charge in [0.25, 0.3) is 0 Å². The van der Waals surface area contributed by atoms with Gasteiger partial charge in [-0.25, -0.2) is 0 Å². The van der Waals surface area contributed by atoms with Gasteiger partial charge in [-0.15, -0.1) is 119 Å². The molecule has 0 saturated carbocycles. The minimum absolute atomic E-state index is 0. The third kappa shape index (κ3) is 14.6. The molecule has 8 nitrogen and oxygen atoms in total. The van der Waals surface area contributed by atoms with E-state index in [-0.39, 0.29) is 40.2 Å². The molecular formula is C96H74Ir2N6O2SSi2-4. The van der Waals surface area contributed by atoms with Crippen molar-refractivity contribution in [1.82, 2.24) is 29.1 Å². The van der Waals surface area contributed by atoms with Crippen LogP contribution in [0.5, 0.6) is 0 Å². The molecule has 0 spiro atoms. The van der Waals surface area contributed by atoms with Gasteiger partial charge in [0.15, 0.2) is 0 Å². The van der Waals surface area contributed by atoms with Gasteiger partial charge in [-0.2, -0.15) is 0 Å². The summed E-state index contributed by atoms with van der Waals surface area (Å²) in [6.45, 7) is 18.2. The zero-order chi connectivity index (χ0) is 72.9. The van der Waals surface area contributed by atoms with E-state index >= 15 is 0 Å². The SMILES string of the molecule is Cc1c[c-]c(-c2ccc([Si](C)(C)C)cn2)cc1.Cc1c[c-]c(-c2ccc([Si](C)(C)C)cn2)cc1.[Ir].[Ir].[c-]1ccc2c(oc3ccccc32)c1-c1nc2ccccc2n1-c1c(-c2ccccc2)ccc2ccccc12.[c-]1ccc2c(oc3ccccc32)c1-c1nc2ccccc2n1-c1ccc2sc3ccccc3c2c1. The number of nitrogens with zero attached hydrogens (tertiary/aromatic N) is 6. The molecule has 0 fully saturated rings. The van der Waals surface area contributed by atoms with Gasteiger partial charge < -0.3 is 27.9 Å². The van der Waals surface area contributed by atoms with Crippen LogP contribution in [0.2, 0.25) is 39.3 Å². The summed E-state index contributed by atoms with van der Waals surface area (Å²) in [6, 6.07) is 114. The third-order valence-corrected chi connectivity index (χ3v) is 25.0. The third-order valence-electron chi connectivity index (χ3n) is 19.8. The summed E-state index contributed by atoms with van der Waals surface area (Å²) in [5.74, 6) is 1.64. The van der Waals surface area contributed by atoms with Crippen LogP contribution in [0.25, 0.3) is 165 Å². The van der Waals surface area contributed by atoms with Crippen LogP contribution in [0, 0.1) is 38.1 Å². The van der Waals surface area contributed by atoms with Gasteiger partial charge in [-0.05, 0) is 93.4 Å². The molecule has 0 atom stereocenters. The number of rotatable bonds is 9. The van der Waals surface area contributed by atoms with Crippen LogP contribution < -0.4 is 10.4 Å². The summed E-state index contributed by atoms with van der Waals surface area (Å²) < 4.78 is 19.9. The maximum atomic E-state index is 6.44. The number of para-hydroxylation sites is 6. The number of hydrogen-bond donors (Lipinski definition) is 0. The van der Waals surface area contributed by atoms with Crippen molar-refractivity contribution in [2.45, 2.75) is 53.1 Å². The zero-order valence-electron chi connectivity index (χ0n) is 61.4. The summed E-state index contributed by atoms with van der Waals surface area (Å²) in [5.41, 5.74) is 20.1. The van der Waals surface area contributed by atoms with E-state index in [1.54, 1.807) is 0 Å². The Labute approximate surface area is 667 Å². The molecule has 0 N–H and O–H groups in total. The summed E-state index contributed by atoms with van der Waals surface area (Å²) in [5, 5.41) is 12.0. The number of benzene rings is 13. The molecule has 20 rings (SSSR count). The molecule has 109 heavy (non-hydrogen) atoms. The quantitative estimate of drug-likeness (QED) is 0.106. The number of pyridine rings is 2. The molecule has 0 aliphatic carbocycles. The first-order valence-electron chi connectivity index (χ1n) is 36.1. The maximum absolute atomic E-state index is 6.44. The van der Waals surface area contributed by atoms with Crippen LogP contribution in [0.3, 0.4) is 0 Å². The summed E-state index contributed by atoms with van der Waals surface area (Å²) in [6.07, 6.45) is 4.05. The Morgan fingerprint density at radius 2 is 0.862 bits per heavy atom. The molecular weight excluding hydrogens is 1740 g/mol. The Hall–Kier alpha value is -11.1. The second kappa shape index (κ2) is 30.9. The van der Waals surface area contributed by atoms with Crippen LogP contribution >= 0.6 is 11.3 Å². The molecule has 7 aromatic heterocycles. The van der Waals surface area contributed by atoms with Crippen molar-refractivity contribution in [2.75, 3.05) is 0 Å². The van der Waals surface area contributed by atoms with Crippen molar-refractivity contribution in [3.8, 4) is 67.8 Å². The molecule has 7 heterocycles. The predicted molar refractivity (Wildman–Crippen MR) is 454 cm³/mol. The van der Waals surface area contributed by atoms with Gasteiger partial charge >= 0.3 is 0 Å². The first-order chi connectivity index (χ1) is 52.1. The predicted octanol–water partition coefficient (Wildman–Crippen LogP) is 24.8. The summed E-state index contributed by atoms with van der Waals surface area (Å²) >= 11 is 1.83. The molecule has 0 aliphatic rings. The first-order valence-corrected chi connectivity index (χ1v) is 44.0. The average Bonchev–Trinajstić information content (AvgIpc) is 1.62. The van der Waals surface area contributed by atoms with Gasteiger partial charge in [-0.3, -0.25) is 9.97 Å². The Kier molecular flexibility index (Phi) is 20.8. The van der Waals surface area contributed by atoms with E-state index in [0.717, 1.165) is 139 Å². The Morgan fingerprint density at radius 1 is 0.385 bits per heavy atom. The van der Waals surface area contributed by atoms with Gasteiger partial charge in [0, 0.05) is 100 Å². The van der Waals surface area contributed by atoms with E-state index in [9.17, 15) is 0 Å². The Balaban J connectivity index is 0.000000122. The molecule has 0 amide bonds. The van der Waals surface area contributed by atoms with E-state index in [0.29, 0.717) is 0 Å². The largest absolute Gasteiger partial charge is 0.501 e. The van der Waals surface area contributed by atoms with Gasteiger partial charge in [0.05, 0.1) is 66.7 Å². The van der Waals surface area contributed by atoms with Crippen LogP contribution in [0.4, 0.5) is 0 Å². The second-order valence-electron chi connectivity index (χ2n) is 29.2. The fourth-order valence-electron chi connectivity index (χ4n) is 14.1. The minimum atomic E-state index is -1.24. The number of fused-ring (bicyclic) bond motifs is 12. The Morgan fingerprint density at radius 3 is 1.39 bits per heavy atom. The fraction of sp³-hybridized carbons (Fsp3) is 0.0833. The number of thiophene rings is 1. The molecule has 0 aliphatic heterocycles. The van der Waals surface area contributed by atoms with E-state index < -0.39 is 16.1 Å². The number of imidazole rings is 2. The zero-order valence-corrected chi connectivity index (χ0v) is 69.0. The molecule has 13 aromatic carbocycles. The average molecular weight is 1820 g/mol. The topological polar surface area (TPSA) is 87.7 Å². The fourth-order valence-corrected chi connectivity index (χ4v) is 17.3. The standard InChI is InChI=1S/C35H21N2O.C31H17N2OS.2C15H18NSi.2Ir/c1-2-11-23(12-3-1)26-22-21-24-13-4-5-14-25(24)33(26)37-31-19-8-7-18-30(31)36-35(37)29-17-10-16-28-27-15-6-9-20-32(27)38-34(28)29;1-5-14-27-20(8-1)22-10-7-11-23(30(22)34-27)31-32-25-12-3-4-13-26(25)33(31)19-16-17-29-24(18-19)21-9-2-6-15-28(21)35-29;2*1-12-5-7-13(8-6-12)15-10-9-14(11-16-15)17(2,3)4;;/h1-16,18-22H;1-10,12-18H;2*5-7,9-11H,1-4H3;;/q4*-1;;. The molecule has 2 radical (unpaired) electrons. The number of aryl methyl sites for hydroxylation is 2. The van der Waals surface area contributed by atoms with Crippen molar-refractivity contribution in [1.29, 1.82) is 0 Å². The van der Waals surface area contributed by atoms with Crippen molar-refractivity contribution in [3.05, 3.63) is 339 Å².